The Morgan fingerprint density at radius 3 is 1.36 bits per heavy atom. The van der Waals surface area contributed by atoms with Gasteiger partial charge in [-0.25, -0.2) is 0 Å². The molecule has 0 aliphatic rings. The predicted molar refractivity (Wildman–Crippen MR) is 152 cm³/mol. The number of benzene rings is 1. The molecule has 0 saturated heterocycles. The van der Waals surface area contributed by atoms with E-state index >= 15 is 0 Å². The first-order valence-electron chi connectivity index (χ1n) is 13.8. The van der Waals surface area contributed by atoms with E-state index in [4.69, 9.17) is 26.6 Å². The number of rotatable bonds is 23. The Balaban J connectivity index is 2.84. The highest BCUT2D eigenvalue weighted by molar-refractivity contribution is 6.61. The average Bonchev–Trinajstić information content (AvgIpc) is 2.85. The molecule has 0 amide bonds. The average molecular weight is 542 g/mol. The Kier molecular flexibility index (Phi) is 18.5. The third-order valence-corrected chi connectivity index (χ3v) is 11.9. The minimum Gasteiger partial charge on any atom is -0.374 e. The second-order valence-electron chi connectivity index (χ2n) is 8.28. The van der Waals surface area contributed by atoms with Gasteiger partial charge in [0.1, 0.15) is 0 Å². The van der Waals surface area contributed by atoms with E-state index in [1.54, 1.807) is 0 Å². The summed E-state index contributed by atoms with van der Waals surface area (Å²) in [6.07, 6.45) is 6.34. The van der Waals surface area contributed by atoms with E-state index in [9.17, 15) is 0 Å². The largest absolute Gasteiger partial charge is 0.500 e. The van der Waals surface area contributed by atoms with Crippen molar-refractivity contribution in [2.75, 3.05) is 59.3 Å². The van der Waals surface area contributed by atoms with Gasteiger partial charge in [-0.05, 0) is 73.0 Å². The third-order valence-electron chi connectivity index (χ3n) is 5.57. The molecule has 0 saturated carbocycles. The van der Waals surface area contributed by atoms with E-state index in [1.807, 2.05) is 47.6 Å². The number of nitrogens with zero attached hydrogens (tertiary/aromatic N) is 1. The van der Waals surface area contributed by atoms with Crippen LogP contribution in [0.2, 0.25) is 12.1 Å². The number of hydrogen-bond donors (Lipinski definition) is 0. The Hall–Kier alpha value is -0.886. The molecule has 0 bridgehead atoms. The number of hydrogen-bond acceptors (Lipinski definition) is 7. The monoisotopic (exact) mass is 541 g/mol. The van der Waals surface area contributed by atoms with Gasteiger partial charge in [-0.1, -0.05) is 42.5 Å². The summed E-state index contributed by atoms with van der Waals surface area (Å²) in [6, 6.07) is 12.1. The molecule has 0 atom stereocenters. The summed E-state index contributed by atoms with van der Waals surface area (Å²) in [4.78, 5) is 2.48. The van der Waals surface area contributed by atoms with E-state index in [1.165, 1.54) is 5.56 Å². The fraction of sp³-hybridized carbons (Fsp3) is 0.704. The maximum Gasteiger partial charge on any atom is 0.500 e. The van der Waals surface area contributed by atoms with E-state index in [2.05, 4.69) is 41.3 Å². The molecule has 1 aromatic carbocycles. The first kappa shape index (κ1) is 33.1. The van der Waals surface area contributed by atoms with Gasteiger partial charge in [0.15, 0.2) is 0 Å². The lowest BCUT2D eigenvalue weighted by atomic mass is 10.2. The Bertz CT molecular complexity index is 613. The van der Waals surface area contributed by atoms with Crippen LogP contribution >= 0.6 is 0 Å². The Morgan fingerprint density at radius 1 is 0.611 bits per heavy atom. The minimum absolute atomic E-state index is 0.606. The van der Waals surface area contributed by atoms with Crippen LogP contribution in [0.4, 0.5) is 0 Å². The van der Waals surface area contributed by atoms with Crippen molar-refractivity contribution in [2.45, 2.75) is 66.5 Å². The summed E-state index contributed by atoms with van der Waals surface area (Å²) in [7, 11) is -5.27. The molecule has 1 aromatic rings. The van der Waals surface area contributed by atoms with Crippen molar-refractivity contribution in [3.05, 3.63) is 42.0 Å². The van der Waals surface area contributed by atoms with Crippen molar-refractivity contribution in [1.82, 2.24) is 4.90 Å². The molecule has 0 aliphatic heterocycles. The van der Waals surface area contributed by atoms with Crippen molar-refractivity contribution in [3.8, 4) is 0 Å². The van der Waals surface area contributed by atoms with Crippen LogP contribution < -0.4 is 0 Å². The van der Waals surface area contributed by atoms with Gasteiger partial charge in [-0.2, -0.15) is 0 Å². The molecule has 0 aromatic heterocycles. The molecule has 0 N–H and O–H groups in total. The normalized spacial score (nSPS) is 12.8. The molecule has 0 aliphatic carbocycles. The summed E-state index contributed by atoms with van der Waals surface area (Å²) < 4.78 is 36.3. The lowest BCUT2D eigenvalue weighted by Gasteiger charge is -2.30. The SMILES string of the molecule is CCO[Si](CCCN(CC=Cc1ccccc1)CCC[Si](OCC)(OCC)OCC)(OCC)OCC. The molecule has 36 heavy (non-hydrogen) atoms. The lowest BCUT2D eigenvalue weighted by Crippen LogP contribution is -2.47. The molecular formula is C27H51NO6Si2. The van der Waals surface area contributed by atoms with E-state index in [-0.39, 0.29) is 0 Å². The van der Waals surface area contributed by atoms with Crippen LogP contribution in [0.3, 0.4) is 0 Å². The molecular weight excluding hydrogens is 490 g/mol. The van der Waals surface area contributed by atoms with Gasteiger partial charge in [-0.15, -0.1) is 0 Å². The summed E-state index contributed by atoms with van der Waals surface area (Å²) in [5.41, 5.74) is 1.21. The van der Waals surface area contributed by atoms with Crippen molar-refractivity contribution < 1.29 is 26.6 Å². The standard InChI is InChI=1S/C27H51NO6Si2/c1-7-29-35(30-8-2,31-9-3)25-17-23-28(22-16-21-27-19-14-13-15-20-27)24-18-26-36(32-10-4,33-11-5)34-12-6/h13-16,19-21H,7-12,17-18,22-26H2,1-6H3. The van der Waals surface area contributed by atoms with Gasteiger partial charge in [-0.3, -0.25) is 4.90 Å². The zero-order valence-electron chi connectivity index (χ0n) is 23.6. The van der Waals surface area contributed by atoms with Gasteiger partial charge < -0.3 is 26.6 Å². The van der Waals surface area contributed by atoms with Gasteiger partial charge >= 0.3 is 17.6 Å². The van der Waals surface area contributed by atoms with Crippen LogP contribution in [-0.2, 0) is 26.6 Å². The van der Waals surface area contributed by atoms with Crippen LogP contribution in [0.15, 0.2) is 36.4 Å². The Morgan fingerprint density at radius 2 is 1.00 bits per heavy atom. The minimum atomic E-state index is -2.64. The smallest absolute Gasteiger partial charge is 0.374 e. The van der Waals surface area contributed by atoms with Crippen LogP contribution in [0.5, 0.6) is 0 Å². The highest BCUT2D eigenvalue weighted by Gasteiger charge is 2.41. The molecule has 0 radical (unpaired) electrons. The van der Waals surface area contributed by atoms with Crippen LogP contribution in [0, 0.1) is 0 Å². The second kappa shape index (κ2) is 20.1. The lowest BCUT2D eigenvalue weighted by molar-refractivity contribution is 0.0695. The second-order valence-corrected chi connectivity index (χ2v) is 13.7. The predicted octanol–water partition coefficient (Wildman–Crippen LogP) is 5.88. The zero-order chi connectivity index (χ0) is 26.5. The molecule has 0 spiro atoms. The molecule has 208 valence electrons. The highest BCUT2D eigenvalue weighted by Crippen LogP contribution is 2.21. The highest BCUT2D eigenvalue weighted by atomic mass is 28.4. The molecule has 0 fully saturated rings. The first-order valence-corrected chi connectivity index (χ1v) is 17.7. The van der Waals surface area contributed by atoms with Gasteiger partial charge in [0.2, 0.25) is 0 Å². The van der Waals surface area contributed by atoms with Gasteiger partial charge in [0.25, 0.3) is 0 Å². The third kappa shape index (κ3) is 13.1. The maximum absolute atomic E-state index is 6.06. The van der Waals surface area contributed by atoms with Crippen LogP contribution in [0.25, 0.3) is 6.08 Å². The van der Waals surface area contributed by atoms with Crippen molar-refractivity contribution in [3.63, 3.8) is 0 Å². The zero-order valence-corrected chi connectivity index (χ0v) is 25.6. The fourth-order valence-electron chi connectivity index (χ4n) is 4.24. The quantitative estimate of drug-likeness (QED) is 0.160. The van der Waals surface area contributed by atoms with E-state index < -0.39 is 17.6 Å². The fourth-order valence-corrected chi connectivity index (χ4v) is 9.42. The van der Waals surface area contributed by atoms with Crippen molar-refractivity contribution >= 4 is 23.7 Å². The summed E-state index contributed by atoms with van der Waals surface area (Å²) in [5.74, 6) is 0. The van der Waals surface area contributed by atoms with Gasteiger partial charge in [0.05, 0.1) is 0 Å². The summed E-state index contributed by atoms with van der Waals surface area (Å²) >= 11 is 0. The molecule has 0 unspecified atom stereocenters. The van der Waals surface area contributed by atoms with Crippen LogP contribution in [0.1, 0.15) is 59.9 Å². The van der Waals surface area contributed by atoms with Crippen LogP contribution in [-0.4, -0.2) is 81.8 Å². The van der Waals surface area contributed by atoms with Crippen molar-refractivity contribution in [1.29, 1.82) is 0 Å². The van der Waals surface area contributed by atoms with E-state index in [0.717, 1.165) is 44.6 Å². The summed E-state index contributed by atoms with van der Waals surface area (Å²) in [5, 5.41) is 0. The first-order chi connectivity index (χ1) is 17.5. The molecule has 9 heteroatoms. The molecule has 1 rings (SSSR count). The van der Waals surface area contributed by atoms with E-state index in [0.29, 0.717) is 39.6 Å². The molecule has 0 heterocycles. The molecule has 7 nitrogen and oxygen atoms in total. The summed E-state index contributed by atoms with van der Waals surface area (Å²) in [6.45, 7) is 18.4. The topological polar surface area (TPSA) is 58.6 Å². The van der Waals surface area contributed by atoms with Crippen molar-refractivity contribution in [2.24, 2.45) is 0 Å². The maximum atomic E-state index is 6.06. The van der Waals surface area contributed by atoms with Gasteiger partial charge in [0, 0.05) is 58.3 Å². The Labute approximate surface area is 222 Å².